The summed E-state index contributed by atoms with van der Waals surface area (Å²) in [7, 11) is 1.83. The number of fused-ring (bicyclic) bond motifs is 1. The van der Waals surface area contributed by atoms with Crippen LogP contribution in [0.3, 0.4) is 0 Å². The lowest BCUT2D eigenvalue weighted by Crippen LogP contribution is -2.49. The van der Waals surface area contributed by atoms with Crippen LogP contribution in [0.25, 0.3) is 21.5 Å². The van der Waals surface area contributed by atoms with E-state index >= 15 is 0 Å². The van der Waals surface area contributed by atoms with Gasteiger partial charge in [0.1, 0.15) is 17.2 Å². The Bertz CT molecular complexity index is 1430. The number of aromatic nitrogens is 2. The predicted molar refractivity (Wildman–Crippen MR) is 136 cm³/mol. The van der Waals surface area contributed by atoms with Crippen molar-refractivity contribution in [1.82, 2.24) is 19.8 Å². The van der Waals surface area contributed by atoms with Crippen molar-refractivity contribution in [3.05, 3.63) is 64.9 Å². The zero-order chi connectivity index (χ0) is 24.8. The van der Waals surface area contributed by atoms with Gasteiger partial charge in [0.15, 0.2) is 5.58 Å². The van der Waals surface area contributed by atoms with Crippen LogP contribution in [0.2, 0.25) is 0 Å². The average molecular weight is 507 g/mol. The van der Waals surface area contributed by atoms with Gasteiger partial charge in [-0.05, 0) is 49.8 Å². The lowest BCUT2D eigenvalue weighted by Gasteiger charge is -2.35. The van der Waals surface area contributed by atoms with Crippen LogP contribution < -0.4 is 5.32 Å². The molecule has 4 heterocycles. The molecule has 1 saturated carbocycles. The van der Waals surface area contributed by atoms with Gasteiger partial charge < -0.3 is 19.2 Å². The normalized spacial score (nSPS) is 18.1. The number of aryl methyl sites for hydroxylation is 1. The molecule has 1 atom stereocenters. The molecule has 0 radical (unpaired) electrons. The van der Waals surface area contributed by atoms with Gasteiger partial charge in [0.2, 0.25) is 0 Å². The molecule has 1 aliphatic carbocycles. The van der Waals surface area contributed by atoms with Crippen LogP contribution in [0.5, 0.6) is 0 Å². The van der Waals surface area contributed by atoms with Gasteiger partial charge in [0.25, 0.3) is 11.8 Å². The van der Waals surface area contributed by atoms with Gasteiger partial charge in [-0.1, -0.05) is 12.1 Å². The summed E-state index contributed by atoms with van der Waals surface area (Å²) in [5.41, 5.74) is 3.29. The Balaban J connectivity index is 1.23. The van der Waals surface area contributed by atoms with E-state index in [0.29, 0.717) is 36.0 Å². The number of hydrogen-bond donors (Lipinski definition) is 1. The number of furan rings is 1. The molecule has 0 unspecified atom stereocenters. The molecule has 1 aliphatic heterocycles. The summed E-state index contributed by atoms with van der Waals surface area (Å²) in [6.45, 7) is 0.984. The third-order valence-electron chi connectivity index (χ3n) is 7.16. The first-order chi connectivity index (χ1) is 17.5. The van der Waals surface area contributed by atoms with Crippen LogP contribution in [-0.2, 0) is 7.05 Å². The Morgan fingerprint density at radius 1 is 1.17 bits per heavy atom. The summed E-state index contributed by atoms with van der Waals surface area (Å²) in [4.78, 5) is 34.2. The summed E-state index contributed by atoms with van der Waals surface area (Å²) in [5, 5.41) is 4.01. The molecule has 9 heteroatoms. The molecule has 2 aliphatic rings. The maximum absolute atomic E-state index is 13.8. The molecule has 3 aromatic heterocycles. The smallest absolute Gasteiger partial charge is 0.274 e. The third kappa shape index (κ3) is 4.21. The molecular weight excluding hydrogens is 479 g/mol. The largest absolute Gasteiger partial charge is 0.463 e. The van der Waals surface area contributed by atoms with Crippen LogP contribution in [0, 0.1) is 5.82 Å². The van der Waals surface area contributed by atoms with Gasteiger partial charge >= 0.3 is 0 Å². The summed E-state index contributed by atoms with van der Waals surface area (Å²) >= 11 is 1.54. The van der Waals surface area contributed by atoms with E-state index in [4.69, 9.17) is 9.40 Å². The van der Waals surface area contributed by atoms with Gasteiger partial charge in [0, 0.05) is 44.2 Å². The monoisotopic (exact) mass is 506 g/mol. The third-order valence-corrected chi connectivity index (χ3v) is 8.43. The number of nitrogens with one attached hydrogen (secondary N) is 1. The van der Waals surface area contributed by atoms with Crippen LogP contribution in [0.4, 0.5) is 4.39 Å². The average Bonchev–Trinajstić information content (AvgIpc) is 3.33. The van der Waals surface area contributed by atoms with Crippen LogP contribution in [-0.4, -0.2) is 45.4 Å². The minimum Gasteiger partial charge on any atom is -0.463 e. The molecular formula is C27H27FN4O3S. The molecule has 2 fully saturated rings. The number of piperidine rings is 1. The fraction of sp³-hybridized carbons (Fsp3) is 0.370. The number of halogens is 1. The molecule has 7 nitrogen and oxygen atoms in total. The maximum atomic E-state index is 13.8. The first-order valence-electron chi connectivity index (χ1n) is 12.4. The van der Waals surface area contributed by atoms with Crippen LogP contribution >= 0.6 is 11.3 Å². The first-order valence-corrected chi connectivity index (χ1v) is 13.2. The quantitative estimate of drug-likeness (QED) is 0.383. The number of benzene rings is 1. The Morgan fingerprint density at radius 3 is 2.72 bits per heavy atom. The second kappa shape index (κ2) is 9.20. The molecule has 2 amide bonds. The van der Waals surface area contributed by atoms with Crippen molar-refractivity contribution in [1.29, 1.82) is 0 Å². The second-order valence-electron chi connectivity index (χ2n) is 9.63. The number of carbonyl (C=O) groups is 2. The number of nitrogens with zero attached hydrogens (tertiary/aromatic N) is 3. The molecule has 6 rings (SSSR count). The number of carbonyl (C=O) groups excluding carboxylic acids is 2. The highest BCUT2D eigenvalue weighted by Gasteiger charge is 2.34. The van der Waals surface area contributed by atoms with Crippen LogP contribution in [0.15, 0.2) is 47.1 Å². The molecule has 4 aromatic rings. The number of rotatable bonds is 6. The summed E-state index contributed by atoms with van der Waals surface area (Å²) in [5.74, 6) is -0.208. The van der Waals surface area contributed by atoms with Crippen molar-refractivity contribution in [2.75, 3.05) is 13.1 Å². The van der Waals surface area contributed by atoms with E-state index in [1.807, 2.05) is 22.6 Å². The van der Waals surface area contributed by atoms with Crippen molar-refractivity contribution in [3.8, 4) is 10.4 Å². The number of thiazole rings is 1. The van der Waals surface area contributed by atoms with E-state index < -0.39 is 0 Å². The fourth-order valence-corrected chi connectivity index (χ4v) is 6.20. The standard InChI is InChI=1S/C27H27FN4O3S/c1-31-20-11-13-35-22(20)14-21(31)25(33)29-15-19-4-2-3-12-32(19)27(34)23-24(16-7-9-18(28)10-8-16)36-26(30-23)17-5-6-17/h7-11,13-14,17,19H,2-6,12,15H2,1H3,(H,29,33)/t19-/m0/s1. The summed E-state index contributed by atoms with van der Waals surface area (Å²) < 4.78 is 20.8. The van der Waals surface area contributed by atoms with Crippen molar-refractivity contribution in [3.63, 3.8) is 0 Å². The van der Waals surface area contributed by atoms with E-state index in [1.165, 1.54) is 12.1 Å². The number of amides is 2. The van der Waals surface area contributed by atoms with E-state index in [2.05, 4.69) is 5.32 Å². The van der Waals surface area contributed by atoms with Gasteiger partial charge in [0.05, 0.1) is 21.7 Å². The van der Waals surface area contributed by atoms with Crippen molar-refractivity contribution < 1.29 is 18.4 Å². The van der Waals surface area contributed by atoms with Gasteiger partial charge in [-0.25, -0.2) is 9.37 Å². The van der Waals surface area contributed by atoms with E-state index in [9.17, 15) is 14.0 Å². The first kappa shape index (κ1) is 23.0. The maximum Gasteiger partial charge on any atom is 0.274 e. The Morgan fingerprint density at radius 2 is 1.97 bits per heavy atom. The van der Waals surface area contributed by atoms with Crippen LogP contribution in [0.1, 0.15) is 64.0 Å². The molecule has 1 saturated heterocycles. The SMILES string of the molecule is Cn1c(C(=O)NC[C@@H]2CCCCN2C(=O)c2nc(C3CC3)sc2-c2ccc(F)cc2)cc2occc21. The lowest BCUT2D eigenvalue weighted by molar-refractivity contribution is 0.0597. The molecule has 1 aromatic carbocycles. The van der Waals surface area contributed by atoms with E-state index in [0.717, 1.165) is 53.1 Å². The van der Waals surface area contributed by atoms with Crippen molar-refractivity contribution in [2.24, 2.45) is 7.05 Å². The van der Waals surface area contributed by atoms with Crippen molar-refractivity contribution in [2.45, 2.75) is 44.1 Å². The second-order valence-corrected chi connectivity index (χ2v) is 10.7. The van der Waals surface area contributed by atoms with E-state index in [-0.39, 0.29) is 23.7 Å². The lowest BCUT2D eigenvalue weighted by atomic mass is 10.0. The Kier molecular flexibility index (Phi) is 5.87. The summed E-state index contributed by atoms with van der Waals surface area (Å²) in [6.07, 6.45) is 6.50. The topological polar surface area (TPSA) is 80.4 Å². The molecule has 36 heavy (non-hydrogen) atoms. The van der Waals surface area contributed by atoms with Gasteiger partial charge in [-0.3, -0.25) is 9.59 Å². The highest BCUT2D eigenvalue weighted by Crippen LogP contribution is 2.45. The van der Waals surface area contributed by atoms with Gasteiger partial charge in [-0.15, -0.1) is 11.3 Å². The molecule has 186 valence electrons. The fourth-order valence-electron chi connectivity index (χ4n) is 4.97. The highest BCUT2D eigenvalue weighted by atomic mass is 32.1. The zero-order valence-electron chi connectivity index (χ0n) is 20.0. The minimum absolute atomic E-state index is 0.118. The van der Waals surface area contributed by atoms with E-state index in [1.54, 1.807) is 35.8 Å². The molecule has 1 N–H and O–H groups in total. The zero-order valence-corrected chi connectivity index (χ0v) is 20.8. The number of hydrogen-bond acceptors (Lipinski definition) is 5. The Labute approximate surface area is 211 Å². The Hall–Kier alpha value is -3.46. The molecule has 0 spiro atoms. The van der Waals surface area contributed by atoms with Crippen molar-refractivity contribution >= 4 is 34.3 Å². The highest BCUT2D eigenvalue weighted by molar-refractivity contribution is 7.15. The predicted octanol–water partition coefficient (Wildman–Crippen LogP) is 5.34. The minimum atomic E-state index is -0.309. The summed E-state index contributed by atoms with van der Waals surface area (Å²) in [6, 6.07) is 9.69. The van der Waals surface area contributed by atoms with Gasteiger partial charge in [-0.2, -0.15) is 0 Å². The molecule has 0 bridgehead atoms. The number of likely N-dealkylation sites (tertiary alicyclic amines) is 1.